The van der Waals surface area contributed by atoms with Crippen molar-refractivity contribution in [3.05, 3.63) is 36.4 Å². The van der Waals surface area contributed by atoms with Crippen molar-refractivity contribution in [2.24, 2.45) is 0 Å². The smallest absolute Gasteiger partial charge is 0.236 e. The molecule has 9 heteroatoms. The summed E-state index contributed by atoms with van der Waals surface area (Å²) >= 11 is 0. The van der Waals surface area contributed by atoms with Gasteiger partial charge >= 0.3 is 20.2 Å². The van der Waals surface area contributed by atoms with Gasteiger partial charge in [0, 0.05) is 34.9 Å². The van der Waals surface area contributed by atoms with E-state index in [0.29, 0.717) is 5.39 Å². The molecule has 0 atom stereocenters. The molecule has 1 heterocycles. The molecule has 1 radical (unpaired) electrons. The first kappa shape index (κ1) is 15.9. The maximum Gasteiger partial charge on any atom is 0.301 e. The zero-order valence-electron chi connectivity index (χ0n) is 10.4. The van der Waals surface area contributed by atoms with E-state index in [0.717, 1.165) is 0 Å². The zero-order valence-corrected chi connectivity index (χ0v) is 14.1. The molecule has 0 fully saturated rings. The van der Waals surface area contributed by atoms with Gasteiger partial charge in [-0.05, 0) is 11.5 Å². The second-order valence-electron chi connectivity index (χ2n) is 3.88. The third-order valence-corrected chi connectivity index (χ3v) is 5.53. The fourth-order valence-corrected chi connectivity index (χ4v) is 4.56. The summed E-state index contributed by atoms with van der Waals surface area (Å²) < 4.78 is 56.8. The third-order valence-electron chi connectivity index (χ3n) is 2.77. The summed E-state index contributed by atoms with van der Waals surface area (Å²) in [4.78, 5) is -0.771. The maximum absolute atomic E-state index is 12.0. The summed E-state index contributed by atoms with van der Waals surface area (Å²) in [5.74, 6) is 0. The Morgan fingerprint density at radius 1 is 0.850 bits per heavy atom. The first-order chi connectivity index (χ1) is 8.92. The predicted molar refractivity (Wildman–Crippen MR) is 71.1 cm³/mol. The van der Waals surface area contributed by atoms with E-state index in [9.17, 15) is 16.8 Å². The molecule has 0 amide bonds. The molecule has 0 spiro atoms. The maximum atomic E-state index is 12.0. The molecule has 0 unspecified atom stereocenters. The quantitative estimate of drug-likeness (QED) is 0.527. The van der Waals surface area contributed by atoms with Gasteiger partial charge in [-0.3, -0.25) is 0 Å². The van der Waals surface area contributed by atoms with Crippen LogP contribution >= 0.6 is 0 Å². The monoisotopic (exact) mass is 323 g/mol. The Hall–Kier alpha value is -0.480. The zero-order chi connectivity index (χ0) is 13.7. The van der Waals surface area contributed by atoms with Gasteiger partial charge in [-0.25, -0.2) is 8.37 Å². The Labute approximate surface area is 138 Å². The van der Waals surface area contributed by atoms with E-state index >= 15 is 0 Å². The van der Waals surface area contributed by atoms with Gasteiger partial charge < -0.3 is 0 Å². The van der Waals surface area contributed by atoms with Gasteiger partial charge in [0.2, 0.25) is 0 Å². The normalized spacial score (nSPS) is 19.6. The molecule has 20 heavy (non-hydrogen) atoms. The van der Waals surface area contributed by atoms with Crippen molar-refractivity contribution in [3.63, 3.8) is 0 Å². The van der Waals surface area contributed by atoms with Crippen LogP contribution in [0.4, 0.5) is 0 Å². The van der Waals surface area contributed by atoms with Crippen molar-refractivity contribution in [1.82, 2.24) is 0 Å². The van der Waals surface area contributed by atoms with Crippen LogP contribution in [0.15, 0.2) is 46.2 Å². The van der Waals surface area contributed by atoms with Crippen LogP contribution in [-0.2, 0) is 28.6 Å². The largest absolute Gasteiger partial charge is 0.301 e. The van der Waals surface area contributed by atoms with Crippen molar-refractivity contribution < 1.29 is 25.2 Å². The molecule has 0 N–H and O–H groups in total. The van der Waals surface area contributed by atoms with Gasteiger partial charge in [-0.2, -0.15) is 16.8 Å². The fraction of sp³-hybridized carbons (Fsp3) is 0.0909. The van der Waals surface area contributed by atoms with E-state index in [1.54, 1.807) is 18.2 Å². The van der Waals surface area contributed by atoms with E-state index in [4.69, 9.17) is 0 Å². The van der Waals surface area contributed by atoms with E-state index in [1.807, 2.05) is 0 Å². The van der Waals surface area contributed by atoms with Crippen LogP contribution in [0.25, 0.3) is 10.8 Å². The Bertz CT molecular complexity index is 873. The third kappa shape index (κ3) is 2.52. The number of fused-ring (bicyclic) bond motifs is 3. The molecule has 0 aromatic heterocycles. The van der Waals surface area contributed by atoms with Gasteiger partial charge in [-0.1, -0.05) is 30.3 Å². The van der Waals surface area contributed by atoms with Crippen molar-refractivity contribution >= 4 is 60.6 Å². The average molecular weight is 323 g/mol. The summed E-state index contributed by atoms with van der Waals surface area (Å²) in [5.41, 5.74) is 0. The summed E-state index contributed by atoms with van der Waals surface area (Å²) in [6, 6.07) is 9.29. The minimum atomic E-state index is -4.18. The van der Waals surface area contributed by atoms with Crippen molar-refractivity contribution in [2.75, 3.05) is 6.79 Å². The summed E-state index contributed by atoms with van der Waals surface area (Å²) in [5, 5.41) is 0.889. The summed E-state index contributed by atoms with van der Waals surface area (Å²) in [7, 11) is -8.33. The van der Waals surface area contributed by atoms with Crippen LogP contribution in [0.2, 0.25) is 0 Å². The summed E-state index contributed by atoms with van der Waals surface area (Å²) in [6.45, 7) is -0.853. The van der Waals surface area contributed by atoms with E-state index in [2.05, 4.69) is 8.37 Å². The molecule has 1 aliphatic rings. The Morgan fingerprint density at radius 3 is 2.25 bits per heavy atom. The van der Waals surface area contributed by atoms with Crippen LogP contribution in [0.3, 0.4) is 0 Å². The number of rotatable bonds is 0. The fourth-order valence-electron chi connectivity index (χ4n) is 1.95. The SMILES string of the molecule is O=S1(=O)OCOS(=O)(=O)c2c1ccc1ccccc21.[Na]. The van der Waals surface area contributed by atoms with Crippen LogP contribution in [-0.4, -0.2) is 53.2 Å². The molecule has 2 aromatic carbocycles. The van der Waals surface area contributed by atoms with Gasteiger partial charge in [0.1, 0.15) is 9.79 Å². The van der Waals surface area contributed by atoms with Gasteiger partial charge in [-0.15, -0.1) is 0 Å². The van der Waals surface area contributed by atoms with Gasteiger partial charge in [0.15, 0.2) is 6.79 Å². The Balaban J connectivity index is 0.00000147. The van der Waals surface area contributed by atoms with Crippen molar-refractivity contribution in [2.45, 2.75) is 9.79 Å². The molecule has 1 aliphatic heterocycles. The van der Waals surface area contributed by atoms with Gasteiger partial charge in [0.05, 0.1) is 0 Å². The standard InChI is InChI=1S/C11H8O6S2.Na/c12-18(13)10-6-5-8-3-1-2-4-9(8)11(10)19(14,15)17-7-16-18;/h1-6H,7H2;. The topological polar surface area (TPSA) is 86.7 Å². The molecule has 0 bridgehead atoms. The molecule has 0 saturated heterocycles. The molecular weight excluding hydrogens is 315 g/mol. The second-order valence-corrected chi connectivity index (χ2v) is 7.01. The average Bonchev–Trinajstić information content (AvgIpc) is 2.45. The van der Waals surface area contributed by atoms with Crippen LogP contribution in [0.1, 0.15) is 0 Å². The van der Waals surface area contributed by atoms with E-state index in [1.165, 1.54) is 18.2 Å². The molecular formula is C11H8NaO6S2. The minimum absolute atomic E-state index is 0. The first-order valence-corrected chi connectivity index (χ1v) is 8.04. The van der Waals surface area contributed by atoms with Crippen LogP contribution in [0.5, 0.6) is 0 Å². The number of hydrogen-bond acceptors (Lipinski definition) is 6. The van der Waals surface area contributed by atoms with Crippen LogP contribution < -0.4 is 0 Å². The predicted octanol–water partition coefficient (Wildman–Crippen LogP) is 0.841. The Morgan fingerprint density at radius 2 is 1.50 bits per heavy atom. The molecule has 0 aliphatic carbocycles. The minimum Gasteiger partial charge on any atom is -0.236 e. The molecule has 0 saturated carbocycles. The number of benzene rings is 2. The van der Waals surface area contributed by atoms with E-state index in [-0.39, 0.29) is 39.8 Å². The second kappa shape index (κ2) is 5.38. The molecule has 101 valence electrons. The number of hydrogen-bond donors (Lipinski definition) is 0. The Kier molecular flexibility index (Phi) is 4.27. The van der Waals surface area contributed by atoms with E-state index < -0.39 is 31.9 Å². The van der Waals surface area contributed by atoms with Crippen molar-refractivity contribution in [1.29, 1.82) is 0 Å². The first-order valence-electron chi connectivity index (χ1n) is 5.22. The molecule has 2 aromatic rings. The van der Waals surface area contributed by atoms with Crippen LogP contribution in [0, 0.1) is 0 Å². The summed E-state index contributed by atoms with van der Waals surface area (Å²) in [6.07, 6.45) is 0. The van der Waals surface area contributed by atoms with Gasteiger partial charge in [0.25, 0.3) is 0 Å². The molecule has 3 rings (SSSR count). The van der Waals surface area contributed by atoms with Crippen molar-refractivity contribution in [3.8, 4) is 0 Å². The molecule has 6 nitrogen and oxygen atoms in total.